The quantitative estimate of drug-likeness (QED) is 0.239. The molecule has 3 atom stereocenters. The fraction of sp³-hybridized carbons (Fsp3) is 0.536. The minimum Gasteiger partial charge on any atom is -0.464 e. The van der Waals surface area contributed by atoms with Gasteiger partial charge >= 0.3 is 11.9 Å². The number of methoxy groups -OCH3 is 2. The third kappa shape index (κ3) is 7.30. The van der Waals surface area contributed by atoms with Crippen LogP contribution in [0.15, 0.2) is 42.5 Å². The summed E-state index contributed by atoms with van der Waals surface area (Å²) in [5.41, 5.74) is 2.20. The van der Waals surface area contributed by atoms with Crippen LogP contribution in [0.3, 0.4) is 0 Å². The van der Waals surface area contributed by atoms with E-state index in [4.69, 9.17) is 21.1 Å². The second-order valence-corrected chi connectivity index (χ2v) is 10.5. The van der Waals surface area contributed by atoms with Crippen LogP contribution in [0.2, 0.25) is 0 Å². The van der Waals surface area contributed by atoms with Crippen LogP contribution in [-0.4, -0.2) is 36.0 Å². The average Bonchev–Trinajstić information content (AvgIpc) is 2.81. The lowest BCUT2D eigenvalue weighted by Crippen LogP contribution is -2.33. The standard InChI is InChI=1S/C28H38ClNO4/c1-7-14-27(3,18-20-12-10-9-11-13-20)19-22(28(4,29)15-8-2)21-16-23(25(31)33-5)30-24(17-21)26(32)34-6/h9-13,16-17,22H,7-8,14-15,18-19H2,1-6H3. The van der Waals surface area contributed by atoms with Gasteiger partial charge in [-0.2, -0.15) is 0 Å². The zero-order chi connectivity index (χ0) is 25.4. The van der Waals surface area contributed by atoms with Gasteiger partial charge in [-0.3, -0.25) is 0 Å². The first-order chi connectivity index (χ1) is 16.1. The second kappa shape index (κ2) is 12.3. The van der Waals surface area contributed by atoms with Crippen molar-refractivity contribution in [2.45, 2.75) is 77.0 Å². The van der Waals surface area contributed by atoms with E-state index >= 15 is 0 Å². The summed E-state index contributed by atoms with van der Waals surface area (Å²) in [7, 11) is 2.60. The maximum absolute atomic E-state index is 12.4. The highest BCUT2D eigenvalue weighted by Crippen LogP contribution is 2.47. The number of hydrogen-bond donors (Lipinski definition) is 0. The first kappa shape index (κ1) is 27.8. The van der Waals surface area contributed by atoms with Crippen molar-refractivity contribution in [3.63, 3.8) is 0 Å². The lowest BCUT2D eigenvalue weighted by atomic mass is 9.68. The third-order valence-electron chi connectivity index (χ3n) is 6.53. The summed E-state index contributed by atoms with van der Waals surface area (Å²) in [6.45, 7) is 8.66. The van der Waals surface area contributed by atoms with Crippen LogP contribution in [-0.2, 0) is 15.9 Å². The number of benzene rings is 1. The number of rotatable bonds is 12. The third-order valence-corrected chi connectivity index (χ3v) is 6.98. The van der Waals surface area contributed by atoms with Crippen molar-refractivity contribution in [3.8, 4) is 0 Å². The van der Waals surface area contributed by atoms with E-state index in [-0.39, 0.29) is 22.7 Å². The van der Waals surface area contributed by atoms with Crippen molar-refractivity contribution in [1.82, 2.24) is 4.98 Å². The molecule has 3 unspecified atom stereocenters. The largest absolute Gasteiger partial charge is 0.464 e. The molecule has 1 aromatic heterocycles. The highest BCUT2D eigenvalue weighted by Gasteiger charge is 2.39. The number of esters is 2. The Morgan fingerprint density at radius 2 is 1.47 bits per heavy atom. The minimum atomic E-state index is -0.599. The Morgan fingerprint density at radius 1 is 0.941 bits per heavy atom. The molecule has 0 N–H and O–H groups in total. The number of pyridine rings is 1. The van der Waals surface area contributed by atoms with Crippen molar-refractivity contribution in [2.75, 3.05) is 14.2 Å². The normalized spacial score (nSPS) is 15.6. The van der Waals surface area contributed by atoms with Gasteiger partial charge in [0, 0.05) is 10.8 Å². The van der Waals surface area contributed by atoms with E-state index in [1.807, 2.05) is 13.0 Å². The summed E-state index contributed by atoms with van der Waals surface area (Å²) in [5, 5.41) is 0. The van der Waals surface area contributed by atoms with Crippen LogP contribution in [0.25, 0.3) is 0 Å². The monoisotopic (exact) mass is 487 g/mol. The Balaban J connectivity index is 2.62. The van der Waals surface area contributed by atoms with E-state index in [1.165, 1.54) is 19.8 Å². The van der Waals surface area contributed by atoms with Crippen LogP contribution < -0.4 is 0 Å². The maximum Gasteiger partial charge on any atom is 0.356 e. The van der Waals surface area contributed by atoms with E-state index in [2.05, 4.69) is 50.0 Å². The molecule has 5 nitrogen and oxygen atoms in total. The Labute approximate surface area is 209 Å². The summed E-state index contributed by atoms with van der Waals surface area (Å²) < 4.78 is 9.81. The summed E-state index contributed by atoms with van der Waals surface area (Å²) in [6.07, 6.45) is 5.47. The van der Waals surface area contributed by atoms with Gasteiger partial charge in [-0.05, 0) is 61.3 Å². The summed E-state index contributed by atoms with van der Waals surface area (Å²) in [4.78, 5) is 28.4. The molecule has 0 aliphatic carbocycles. The predicted molar refractivity (Wildman–Crippen MR) is 137 cm³/mol. The number of carbonyl (C=O) groups excluding carboxylic acids is 2. The number of hydrogen-bond acceptors (Lipinski definition) is 5. The van der Waals surface area contributed by atoms with Crippen LogP contribution in [0.4, 0.5) is 0 Å². The lowest BCUT2D eigenvalue weighted by molar-refractivity contribution is 0.0585. The van der Waals surface area contributed by atoms with E-state index in [9.17, 15) is 9.59 Å². The van der Waals surface area contributed by atoms with Gasteiger partial charge in [0.05, 0.1) is 14.2 Å². The zero-order valence-corrected chi connectivity index (χ0v) is 22.1. The van der Waals surface area contributed by atoms with Crippen LogP contribution in [0, 0.1) is 5.41 Å². The van der Waals surface area contributed by atoms with Crippen LogP contribution in [0.1, 0.15) is 97.8 Å². The first-order valence-corrected chi connectivity index (χ1v) is 12.4. The molecule has 0 fully saturated rings. The molecule has 186 valence electrons. The molecular weight excluding hydrogens is 450 g/mol. The molecule has 0 bridgehead atoms. The van der Waals surface area contributed by atoms with Crippen molar-refractivity contribution in [3.05, 3.63) is 65.0 Å². The van der Waals surface area contributed by atoms with Gasteiger partial charge in [-0.15, -0.1) is 11.6 Å². The Kier molecular flexibility index (Phi) is 10.1. The van der Waals surface area contributed by atoms with E-state index in [1.54, 1.807) is 12.1 Å². The Bertz CT molecular complexity index is 926. The topological polar surface area (TPSA) is 65.5 Å². The van der Waals surface area contributed by atoms with Gasteiger partial charge in [-0.25, -0.2) is 14.6 Å². The fourth-order valence-electron chi connectivity index (χ4n) is 4.96. The van der Waals surface area contributed by atoms with Crippen molar-refractivity contribution in [2.24, 2.45) is 5.41 Å². The van der Waals surface area contributed by atoms with Gasteiger partial charge in [0.25, 0.3) is 0 Å². The molecule has 2 aromatic rings. The van der Waals surface area contributed by atoms with Gasteiger partial charge < -0.3 is 9.47 Å². The molecule has 2 rings (SSSR count). The molecule has 0 aliphatic heterocycles. The molecule has 1 heterocycles. The molecule has 0 saturated heterocycles. The molecular formula is C28H38ClNO4. The summed E-state index contributed by atoms with van der Waals surface area (Å²) >= 11 is 7.22. The predicted octanol–water partition coefficient (Wildman–Crippen LogP) is 6.98. The molecule has 0 spiro atoms. The fourth-order valence-corrected chi connectivity index (χ4v) is 5.35. The van der Waals surface area contributed by atoms with Crippen LogP contribution >= 0.6 is 11.6 Å². The minimum absolute atomic E-state index is 0.0369. The SMILES string of the molecule is CCCC(C)(Cc1ccccc1)CC(c1cc(C(=O)OC)nc(C(=O)OC)c1)C(C)(Cl)CCC. The number of halogens is 1. The maximum atomic E-state index is 12.4. The van der Waals surface area contributed by atoms with Crippen molar-refractivity contribution in [1.29, 1.82) is 0 Å². The molecule has 0 radical (unpaired) electrons. The molecule has 0 aliphatic rings. The smallest absolute Gasteiger partial charge is 0.356 e. The number of nitrogens with zero attached hydrogens (tertiary/aromatic N) is 1. The number of ether oxygens (including phenoxy) is 2. The van der Waals surface area contributed by atoms with Crippen molar-refractivity contribution < 1.29 is 19.1 Å². The van der Waals surface area contributed by atoms with Crippen LogP contribution in [0.5, 0.6) is 0 Å². The molecule has 34 heavy (non-hydrogen) atoms. The summed E-state index contributed by atoms with van der Waals surface area (Å²) in [6, 6.07) is 13.9. The van der Waals surface area contributed by atoms with Crippen molar-refractivity contribution >= 4 is 23.5 Å². The molecule has 0 amide bonds. The van der Waals surface area contributed by atoms with Gasteiger partial charge in [0.15, 0.2) is 0 Å². The Morgan fingerprint density at radius 3 is 1.94 bits per heavy atom. The lowest BCUT2D eigenvalue weighted by Gasteiger charge is -2.40. The summed E-state index contributed by atoms with van der Waals surface area (Å²) in [5.74, 6) is -1.32. The van der Waals surface area contributed by atoms with Gasteiger partial charge in [0.2, 0.25) is 0 Å². The van der Waals surface area contributed by atoms with E-state index in [0.29, 0.717) is 0 Å². The molecule has 6 heteroatoms. The number of alkyl halides is 1. The number of carbonyl (C=O) groups is 2. The van der Waals surface area contributed by atoms with Gasteiger partial charge in [-0.1, -0.05) is 63.9 Å². The van der Waals surface area contributed by atoms with E-state index in [0.717, 1.165) is 44.1 Å². The first-order valence-electron chi connectivity index (χ1n) is 12.0. The Hall–Kier alpha value is -2.40. The average molecular weight is 488 g/mol. The molecule has 1 aromatic carbocycles. The van der Waals surface area contributed by atoms with Gasteiger partial charge in [0.1, 0.15) is 11.4 Å². The molecule has 0 saturated carbocycles. The van der Waals surface area contributed by atoms with E-state index < -0.39 is 16.8 Å². The highest BCUT2D eigenvalue weighted by atomic mass is 35.5. The highest BCUT2D eigenvalue weighted by molar-refractivity contribution is 6.24. The number of aromatic nitrogens is 1. The zero-order valence-electron chi connectivity index (χ0n) is 21.3. The second-order valence-electron chi connectivity index (χ2n) is 9.66.